The van der Waals surface area contributed by atoms with Gasteiger partial charge in [0.1, 0.15) is 29.8 Å². The summed E-state index contributed by atoms with van der Waals surface area (Å²) in [6.45, 7) is 0.000416. The van der Waals surface area contributed by atoms with Crippen molar-refractivity contribution < 1.29 is 41.0 Å². The molecule has 0 saturated heterocycles. The maximum Gasteiger partial charge on any atom is 0.422 e. The van der Waals surface area contributed by atoms with E-state index >= 15 is 0 Å². The van der Waals surface area contributed by atoms with E-state index in [1.165, 1.54) is 7.05 Å². The molecule has 0 bridgehead atoms. The van der Waals surface area contributed by atoms with E-state index in [1.54, 1.807) is 0 Å². The van der Waals surface area contributed by atoms with Gasteiger partial charge >= 0.3 is 18.2 Å². The molecule has 5 nitrogen and oxygen atoms in total. The normalized spacial score (nSPS) is 13.4. The average Bonchev–Trinajstić information content (AvgIpc) is 3.19. The number of nitrogens with zero attached hydrogens (tertiary/aromatic N) is 1. The fraction of sp³-hybridized carbons (Fsp3) is 0.286. The van der Waals surface area contributed by atoms with Crippen LogP contribution < -0.4 is 0 Å². The largest absolute Gasteiger partial charge is 0.467 e. The van der Waals surface area contributed by atoms with Crippen molar-refractivity contribution in [2.75, 3.05) is 20.8 Å². The SMILES string of the molecule is COC(=O)C(CCc1cc(F)c(C(F)(F)F)c(F)c1)N(C)C(=O)OCC1c2ccccc2-c2ccccc21. The monoisotopic (exact) mass is 533 g/mol. The zero-order valence-electron chi connectivity index (χ0n) is 20.5. The van der Waals surface area contributed by atoms with Crippen LogP contribution in [-0.2, 0) is 26.9 Å². The molecule has 0 spiro atoms. The first kappa shape index (κ1) is 27.1. The molecule has 200 valence electrons. The van der Waals surface area contributed by atoms with Gasteiger partial charge in [-0.05, 0) is 52.8 Å². The summed E-state index contributed by atoms with van der Waals surface area (Å²) in [5.41, 5.74) is 1.99. The molecule has 0 radical (unpaired) electrons. The van der Waals surface area contributed by atoms with E-state index < -0.39 is 41.5 Å². The topological polar surface area (TPSA) is 55.8 Å². The molecule has 38 heavy (non-hydrogen) atoms. The molecule has 0 aromatic heterocycles. The van der Waals surface area contributed by atoms with Gasteiger partial charge in [0.2, 0.25) is 0 Å². The molecule has 0 fully saturated rings. The second kappa shape index (κ2) is 10.8. The van der Waals surface area contributed by atoms with Gasteiger partial charge < -0.3 is 9.47 Å². The van der Waals surface area contributed by atoms with Gasteiger partial charge in [-0.2, -0.15) is 13.2 Å². The number of likely N-dealkylation sites (N-methyl/N-ethyl adjacent to an activating group) is 1. The maximum absolute atomic E-state index is 14.0. The van der Waals surface area contributed by atoms with Gasteiger partial charge in [0.25, 0.3) is 0 Å². The summed E-state index contributed by atoms with van der Waals surface area (Å²) in [5.74, 6) is -4.54. The second-order valence-electron chi connectivity index (χ2n) is 8.92. The van der Waals surface area contributed by atoms with E-state index in [0.29, 0.717) is 12.1 Å². The predicted molar refractivity (Wildman–Crippen MR) is 128 cm³/mol. The standard InChI is InChI=1S/C28H24F5NO4/c1-34(24(26(35)37-2)12-11-16-13-22(29)25(23(30)14-16)28(31,32)33)27(36)38-15-21-19-9-5-3-7-17(19)18-8-4-6-10-20(18)21/h3-10,13-14,21,24H,11-12,15H2,1-2H3. The first-order chi connectivity index (χ1) is 18.0. The number of fused-ring (bicyclic) bond motifs is 3. The minimum Gasteiger partial charge on any atom is -0.467 e. The van der Waals surface area contributed by atoms with Crippen molar-refractivity contribution in [3.05, 3.63) is 94.6 Å². The number of aryl methyl sites for hydroxylation is 1. The third-order valence-electron chi connectivity index (χ3n) is 6.66. The number of alkyl halides is 3. The predicted octanol–water partition coefficient (Wildman–Crippen LogP) is 6.34. The average molecular weight is 533 g/mol. The summed E-state index contributed by atoms with van der Waals surface area (Å²) in [6.07, 6.45) is -6.39. The Hall–Kier alpha value is -3.95. The fourth-order valence-corrected chi connectivity index (χ4v) is 4.77. The first-order valence-corrected chi connectivity index (χ1v) is 11.7. The van der Waals surface area contributed by atoms with Gasteiger partial charge in [0, 0.05) is 13.0 Å². The number of esters is 1. The third kappa shape index (κ3) is 5.34. The highest BCUT2D eigenvalue weighted by Gasteiger charge is 2.38. The molecule has 10 heteroatoms. The van der Waals surface area contributed by atoms with Crippen molar-refractivity contribution in [2.24, 2.45) is 0 Å². The van der Waals surface area contributed by atoms with Crippen molar-refractivity contribution in [1.82, 2.24) is 4.90 Å². The van der Waals surface area contributed by atoms with Crippen LogP contribution in [0.25, 0.3) is 11.1 Å². The number of methoxy groups -OCH3 is 1. The Morgan fingerprint density at radius 1 is 0.947 bits per heavy atom. The van der Waals surface area contributed by atoms with Crippen LogP contribution in [-0.4, -0.2) is 43.8 Å². The van der Waals surface area contributed by atoms with Gasteiger partial charge in [-0.3, -0.25) is 4.90 Å². The Kier molecular flexibility index (Phi) is 7.71. The molecule has 1 aliphatic carbocycles. The van der Waals surface area contributed by atoms with E-state index in [9.17, 15) is 31.5 Å². The van der Waals surface area contributed by atoms with Crippen LogP contribution in [0.1, 0.15) is 34.6 Å². The summed E-state index contributed by atoms with van der Waals surface area (Å²) < 4.78 is 76.8. The highest BCUT2D eigenvalue weighted by molar-refractivity contribution is 5.82. The van der Waals surface area contributed by atoms with Crippen molar-refractivity contribution in [3.63, 3.8) is 0 Å². The zero-order chi connectivity index (χ0) is 27.6. The molecule has 0 saturated carbocycles. The molecular weight excluding hydrogens is 509 g/mol. The third-order valence-corrected chi connectivity index (χ3v) is 6.66. The molecule has 0 heterocycles. The molecule has 1 unspecified atom stereocenters. The van der Waals surface area contributed by atoms with Crippen LogP contribution in [0.4, 0.5) is 26.7 Å². The van der Waals surface area contributed by atoms with Gasteiger partial charge in [-0.25, -0.2) is 18.4 Å². The van der Waals surface area contributed by atoms with Crippen LogP contribution in [0.15, 0.2) is 60.7 Å². The lowest BCUT2D eigenvalue weighted by atomic mass is 9.98. The van der Waals surface area contributed by atoms with Crippen LogP contribution >= 0.6 is 0 Å². The molecule has 0 aliphatic heterocycles. The van der Waals surface area contributed by atoms with Gasteiger partial charge in [-0.15, -0.1) is 0 Å². The highest BCUT2D eigenvalue weighted by Crippen LogP contribution is 2.44. The van der Waals surface area contributed by atoms with Crippen molar-refractivity contribution in [3.8, 4) is 11.1 Å². The minimum absolute atomic E-state index is 0.000416. The fourth-order valence-electron chi connectivity index (χ4n) is 4.77. The minimum atomic E-state index is -5.19. The van der Waals surface area contributed by atoms with E-state index in [4.69, 9.17) is 9.47 Å². The van der Waals surface area contributed by atoms with E-state index in [-0.39, 0.29) is 30.9 Å². The van der Waals surface area contributed by atoms with Gasteiger partial charge in [-0.1, -0.05) is 48.5 Å². The Morgan fingerprint density at radius 2 is 1.47 bits per heavy atom. The lowest BCUT2D eigenvalue weighted by Gasteiger charge is -2.26. The number of carbonyl (C=O) groups excluding carboxylic acids is 2. The Labute approximate surface area is 215 Å². The van der Waals surface area contributed by atoms with E-state index in [2.05, 4.69) is 0 Å². The number of hydrogen-bond acceptors (Lipinski definition) is 4. The number of rotatable bonds is 7. The molecule has 1 aliphatic rings. The quantitative estimate of drug-likeness (QED) is 0.263. The summed E-state index contributed by atoms with van der Waals surface area (Å²) in [5, 5.41) is 0. The molecule has 1 amide bonds. The van der Waals surface area contributed by atoms with E-state index in [0.717, 1.165) is 34.3 Å². The first-order valence-electron chi connectivity index (χ1n) is 11.7. The van der Waals surface area contributed by atoms with Gasteiger partial charge in [0.15, 0.2) is 0 Å². The van der Waals surface area contributed by atoms with Crippen LogP contribution in [0, 0.1) is 11.6 Å². The van der Waals surface area contributed by atoms with Crippen LogP contribution in [0.5, 0.6) is 0 Å². The smallest absolute Gasteiger partial charge is 0.422 e. The highest BCUT2D eigenvalue weighted by atomic mass is 19.4. The lowest BCUT2D eigenvalue weighted by molar-refractivity contribution is -0.146. The lowest BCUT2D eigenvalue weighted by Crippen LogP contribution is -2.44. The summed E-state index contributed by atoms with van der Waals surface area (Å²) in [7, 11) is 2.42. The summed E-state index contributed by atoms with van der Waals surface area (Å²) >= 11 is 0. The molecule has 3 aromatic carbocycles. The molecule has 3 aromatic rings. The molecular formula is C28H24F5NO4. The number of hydrogen-bond donors (Lipinski definition) is 0. The summed E-state index contributed by atoms with van der Waals surface area (Å²) in [6, 6.07) is 15.4. The van der Waals surface area contributed by atoms with E-state index in [1.807, 2.05) is 48.5 Å². The number of halogens is 5. The number of carbonyl (C=O) groups is 2. The second-order valence-corrected chi connectivity index (χ2v) is 8.92. The molecule has 0 N–H and O–H groups in total. The number of amides is 1. The van der Waals surface area contributed by atoms with Crippen LogP contribution in [0.2, 0.25) is 0 Å². The molecule has 4 rings (SSSR count). The Bertz CT molecular complexity index is 1290. The molecule has 1 atom stereocenters. The zero-order valence-corrected chi connectivity index (χ0v) is 20.5. The van der Waals surface area contributed by atoms with Crippen LogP contribution in [0.3, 0.4) is 0 Å². The van der Waals surface area contributed by atoms with Crippen molar-refractivity contribution in [2.45, 2.75) is 31.0 Å². The number of ether oxygens (including phenoxy) is 2. The Balaban J connectivity index is 1.46. The maximum atomic E-state index is 14.0. The van der Waals surface area contributed by atoms with Crippen molar-refractivity contribution >= 4 is 12.1 Å². The summed E-state index contributed by atoms with van der Waals surface area (Å²) in [4.78, 5) is 26.3. The number of benzene rings is 3. The Morgan fingerprint density at radius 3 is 1.97 bits per heavy atom. The van der Waals surface area contributed by atoms with Crippen molar-refractivity contribution in [1.29, 1.82) is 0 Å². The van der Waals surface area contributed by atoms with Gasteiger partial charge in [0.05, 0.1) is 7.11 Å².